The minimum atomic E-state index is -0.375. The number of anilines is 1. The first kappa shape index (κ1) is 16.6. The van der Waals surface area contributed by atoms with Gasteiger partial charge in [-0.3, -0.25) is 4.79 Å². The fourth-order valence-electron chi connectivity index (χ4n) is 3.21. The van der Waals surface area contributed by atoms with Crippen LogP contribution in [0.3, 0.4) is 0 Å². The molecule has 132 valence electrons. The van der Waals surface area contributed by atoms with E-state index in [1.54, 1.807) is 29.0 Å². The van der Waals surface area contributed by atoms with Gasteiger partial charge >= 0.3 is 0 Å². The number of carbonyl (C=O) groups excluding carboxylic acids is 1. The predicted molar refractivity (Wildman–Crippen MR) is 99.5 cm³/mol. The van der Waals surface area contributed by atoms with Crippen LogP contribution in [0.15, 0.2) is 54.7 Å². The van der Waals surface area contributed by atoms with E-state index in [0.717, 1.165) is 11.3 Å². The molecule has 1 aliphatic rings. The van der Waals surface area contributed by atoms with Crippen molar-refractivity contribution in [2.24, 2.45) is 0 Å². The number of nitrogens with zero attached hydrogens (tertiary/aromatic N) is 4. The number of para-hydroxylation sites is 2. The van der Waals surface area contributed by atoms with E-state index in [4.69, 9.17) is 16.3 Å². The molecule has 0 radical (unpaired) electrons. The summed E-state index contributed by atoms with van der Waals surface area (Å²) in [4.78, 5) is 14.7. The summed E-state index contributed by atoms with van der Waals surface area (Å²) in [6.45, 7) is 0.607. The molecular weight excluding hydrogens is 352 g/mol. The van der Waals surface area contributed by atoms with E-state index in [-0.39, 0.29) is 11.9 Å². The zero-order valence-electron chi connectivity index (χ0n) is 14.2. The van der Waals surface area contributed by atoms with E-state index in [1.165, 1.54) is 0 Å². The van der Waals surface area contributed by atoms with Crippen molar-refractivity contribution in [3.05, 3.63) is 59.8 Å². The molecule has 6 nitrogen and oxygen atoms in total. The number of benzene rings is 2. The van der Waals surface area contributed by atoms with Gasteiger partial charge < -0.3 is 9.64 Å². The molecule has 1 amide bonds. The van der Waals surface area contributed by atoms with Crippen molar-refractivity contribution in [3.63, 3.8) is 0 Å². The molecule has 4 rings (SSSR count). The number of hydrogen-bond donors (Lipinski definition) is 0. The zero-order chi connectivity index (χ0) is 18.1. The predicted octanol–water partition coefficient (Wildman–Crippen LogP) is 3.59. The van der Waals surface area contributed by atoms with E-state index in [9.17, 15) is 4.79 Å². The molecule has 1 unspecified atom stereocenters. The Bertz CT molecular complexity index is 956. The lowest BCUT2D eigenvalue weighted by Gasteiger charge is -2.19. The number of rotatable bonds is 4. The molecule has 2 heterocycles. The number of aromatic nitrogens is 3. The van der Waals surface area contributed by atoms with Crippen LogP contribution in [0.4, 0.5) is 5.69 Å². The fourth-order valence-corrected chi connectivity index (χ4v) is 3.40. The molecule has 0 bridgehead atoms. The zero-order valence-corrected chi connectivity index (χ0v) is 14.9. The Balaban J connectivity index is 1.59. The summed E-state index contributed by atoms with van der Waals surface area (Å²) in [6.07, 6.45) is 2.45. The van der Waals surface area contributed by atoms with Crippen molar-refractivity contribution in [2.75, 3.05) is 18.6 Å². The molecule has 1 aromatic heterocycles. The highest BCUT2D eigenvalue weighted by atomic mass is 35.5. The van der Waals surface area contributed by atoms with Crippen molar-refractivity contribution < 1.29 is 9.53 Å². The Morgan fingerprint density at radius 2 is 2.04 bits per heavy atom. The van der Waals surface area contributed by atoms with Crippen molar-refractivity contribution in [2.45, 2.75) is 12.5 Å². The lowest BCUT2D eigenvalue weighted by atomic mass is 10.2. The Morgan fingerprint density at radius 3 is 2.85 bits per heavy atom. The van der Waals surface area contributed by atoms with Crippen molar-refractivity contribution in [1.29, 1.82) is 0 Å². The van der Waals surface area contributed by atoms with Crippen LogP contribution < -0.4 is 9.64 Å². The number of methoxy groups -OCH3 is 1. The molecule has 3 aromatic rings. The average molecular weight is 369 g/mol. The molecule has 0 spiro atoms. The summed E-state index contributed by atoms with van der Waals surface area (Å²) in [5.74, 6) is 0.664. The van der Waals surface area contributed by atoms with E-state index < -0.39 is 0 Å². The maximum atomic E-state index is 12.9. The van der Waals surface area contributed by atoms with Gasteiger partial charge in [-0.15, -0.1) is 5.10 Å². The van der Waals surface area contributed by atoms with Gasteiger partial charge in [0.2, 0.25) is 0 Å². The van der Waals surface area contributed by atoms with E-state index in [0.29, 0.717) is 29.4 Å². The minimum Gasteiger partial charge on any atom is -0.495 e. The standard InChI is InChI=1S/C19H17ClN4O2/c1-26-18-8-3-2-7-16(18)23-10-9-17(19(23)25)24-12-15(21-22-24)13-5-4-6-14(20)11-13/h2-8,11-12,17H,9-10H2,1H3. The van der Waals surface area contributed by atoms with E-state index in [1.807, 2.05) is 42.5 Å². The smallest absolute Gasteiger partial charge is 0.252 e. The molecule has 1 atom stereocenters. The minimum absolute atomic E-state index is 0.0166. The first-order valence-corrected chi connectivity index (χ1v) is 8.67. The highest BCUT2D eigenvalue weighted by Crippen LogP contribution is 2.34. The molecule has 0 aliphatic carbocycles. The molecule has 0 N–H and O–H groups in total. The van der Waals surface area contributed by atoms with Gasteiger partial charge in [-0.05, 0) is 30.7 Å². The lowest BCUT2D eigenvalue weighted by Crippen LogP contribution is -2.28. The van der Waals surface area contributed by atoms with Crippen LogP contribution in [0.2, 0.25) is 5.02 Å². The van der Waals surface area contributed by atoms with Gasteiger partial charge in [0.1, 0.15) is 17.5 Å². The Hall–Kier alpha value is -2.86. The van der Waals surface area contributed by atoms with Crippen molar-refractivity contribution >= 4 is 23.2 Å². The van der Waals surface area contributed by atoms with Crippen LogP contribution >= 0.6 is 11.6 Å². The van der Waals surface area contributed by atoms with Crippen LogP contribution in [-0.4, -0.2) is 34.6 Å². The lowest BCUT2D eigenvalue weighted by molar-refractivity contribution is -0.120. The van der Waals surface area contributed by atoms with Crippen LogP contribution in [-0.2, 0) is 4.79 Å². The molecular formula is C19H17ClN4O2. The summed E-state index contributed by atoms with van der Waals surface area (Å²) in [5.41, 5.74) is 2.34. The molecule has 0 saturated carbocycles. The van der Waals surface area contributed by atoms with Gasteiger partial charge in [0.25, 0.3) is 5.91 Å². The van der Waals surface area contributed by atoms with Gasteiger partial charge in [-0.2, -0.15) is 0 Å². The topological polar surface area (TPSA) is 60.2 Å². The van der Waals surface area contributed by atoms with Gasteiger partial charge in [0, 0.05) is 17.1 Å². The third-order valence-corrected chi connectivity index (χ3v) is 4.74. The van der Waals surface area contributed by atoms with Crippen LogP contribution in [0.5, 0.6) is 5.75 Å². The first-order valence-electron chi connectivity index (χ1n) is 8.29. The molecule has 1 saturated heterocycles. The van der Waals surface area contributed by atoms with Gasteiger partial charge in [0.05, 0.1) is 19.0 Å². The Kier molecular flexibility index (Phi) is 4.34. The molecule has 7 heteroatoms. The maximum Gasteiger partial charge on any atom is 0.252 e. The quantitative estimate of drug-likeness (QED) is 0.706. The molecule has 1 fully saturated rings. The normalized spacial score (nSPS) is 16.9. The first-order chi connectivity index (χ1) is 12.7. The number of halogens is 1. The summed E-state index contributed by atoms with van der Waals surface area (Å²) in [5, 5.41) is 9.00. The average Bonchev–Trinajstić information content (AvgIpc) is 3.28. The van der Waals surface area contributed by atoms with E-state index in [2.05, 4.69) is 10.3 Å². The largest absolute Gasteiger partial charge is 0.495 e. The van der Waals surface area contributed by atoms with Gasteiger partial charge in [-0.25, -0.2) is 4.68 Å². The molecule has 2 aromatic carbocycles. The van der Waals surface area contributed by atoms with Crippen LogP contribution in [0.1, 0.15) is 12.5 Å². The third kappa shape index (κ3) is 2.93. The monoisotopic (exact) mass is 368 g/mol. The second-order valence-corrected chi connectivity index (χ2v) is 6.50. The number of ether oxygens (including phenoxy) is 1. The third-order valence-electron chi connectivity index (χ3n) is 4.50. The molecule has 1 aliphatic heterocycles. The summed E-state index contributed by atoms with van der Waals surface area (Å²) in [7, 11) is 1.60. The highest BCUT2D eigenvalue weighted by Gasteiger charge is 2.35. The number of hydrogen-bond acceptors (Lipinski definition) is 4. The summed E-state index contributed by atoms with van der Waals surface area (Å²) < 4.78 is 7.01. The Morgan fingerprint density at radius 1 is 1.19 bits per heavy atom. The van der Waals surface area contributed by atoms with Crippen LogP contribution in [0.25, 0.3) is 11.3 Å². The maximum absolute atomic E-state index is 12.9. The Labute approximate surface area is 155 Å². The second-order valence-electron chi connectivity index (χ2n) is 6.06. The van der Waals surface area contributed by atoms with Gasteiger partial charge in [-0.1, -0.05) is 41.1 Å². The van der Waals surface area contributed by atoms with Crippen molar-refractivity contribution in [1.82, 2.24) is 15.0 Å². The molecule has 26 heavy (non-hydrogen) atoms. The van der Waals surface area contributed by atoms with Crippen LogP contribution in [0, 0.1) is 0 Å². The summed E-state index contributed by atoms with van der Waals surface area (Å²) in [6, 6.07) is 14.5. The van der Waals surface area contributed by atoms with E-state index >= 15 is 0 Å². The SMILES string of the molecule is COc1ccccc1N1CCC(n2cc(-c3cccc(Cl)c3)nn2)C1=O. The fraction of sp³-hybridized carbons (Fsp3) is 0.211. The second kappa shape index (κ2) is 6.80. The number of amides is 1. The summed E-state index contributed by atoms with van der Waals surface area (Å²) >= 11 is 6.04. The number of carbonyl (C=O) groups is 1. The highest BCUT2D eigenvalue weighted by molar-refractivity contribution is 6.30. The van der Waals surface area contributed by atoms with Gasteiger partial charge in [0.15, 0.2) is 0 Å². The van der Waals surface area contributed by atoms with Crippen molar-refractivity contribution in [3.8, 4) is 17.0 Å².